The highest BCUT2D eigenvalue weighted by atomic mass is 127. The second kappa shape index (κ2) is 6.47. The highest BCUT2D eigenvalue weighted by molar-refractivity contribution is 14.1. The molecule has 0 bridgehead atoms. The van der Waals surface area contributed by atoms with Crippen molar-refractivity contribution in [2.24, 2.45) is 0 Å². The Morgan fingerprint density at radius 2 is 1.96 bits per heavy atom. The summed E-state index contributed by atoms with van der Waals surface area (Å²) in [6.07, 6.45) is 2.23. The van der Waals surface area contributed by atoms with Crippen LogP contribution in [-0.2, 0) is 14.3 Å². The molecule has 2 aliphatic rings. The third-order valence-corrected chi connectivity index (χ3v) is 5.10. The quantitative estimate of drug-likeness (QED) is 0.585. The normalized spacial score (nSPS) is 21.0. The van der Waals surface area contributed by atoms with Gasteiger partial charge in [-0.15, -0.1) is 0 Å². The van der Waals surface area contributed by atoms with E-state index in [2.05, 4.69) is 27.9 Å². The fourth-order valence-electron chi connectivity index (χ4n) is 3.35. The number of esters is 1. The van der Waals surface area contributed by atoms with E-state index in [0.717, 1.165) is 38.9 Å². The minimum Gasteiger partial charge on any atom is -0.466 e. The van der Waals surface area contributed by atoms with E-state index >= 15 is 0 Å². The Bertz CT molecular complexity index is 731. The van der Waals surface area contributed by atoms with Crippen molar-refractivity contribution >= 4 is 34.3 Å². The van der Waals surface area contributed by atoms with Crippen molar-refractivity contribution in [3.8, 4) is 0 Å². The minimum atomic E-state index is -0.386. The lowest BCUT2D eigenvalue weighted by molar-refractivity contribution is -0.136. The molecule has 23 heavy (non-hydrogen) atoms. The van der Waals surface area contributed by atoms with Gasteiger partial charge < -0.3 is 10.1 Å². The van der Waals surface area contributed by atoms with Gasteiger partial charge in [0.25, 0.3) is 0 Å². The lowest BCUT2D eigenvalue weighted by Crippen LogP contribution is -2.34. The SMILES string of the molecule is COC(=O)C1=C(C)NC2=C(C(=O)CCC2)[C@@H]1c1ccc(I)cc1. The van der Waals surface area contributed by atoms with E-state index < -0.39 is 0 Å². The number of benzene rings is 1. The Morgan fingerprint density at radius 3 is 2.61 bits per heavy atom. The highest BCUT2D eigenvalue weighted by Crippen LogP contribution is 2.42. The number of carbonyl (C=O) groups excluding carboxylic acids is 2. The first kappa shape index (κ1) is 16.2. The topological polar surface area (TPSA) is 55.4 Å². The summed E-state index contributed by atoms with van der Waals surface area (Å²) in [5.74, 6) is -0.608. The van der Waals surface area contributed by atoms with E-state index in [0.29, 0.717) is 12.0 Å². The molecule has 0 fully saturated rings. The van der Waals surface area contributed by atoms with Crippen LogP contribution >= 0.6 is 22.6 Å². The summed E-state index contributed by atoms with van der Waals surface area (Å²) in [5.41, 5.74) is 3.93. The van der Waals surface area contributed by atoms with Gasteiger partial charge >= 0.3 is 5.97 Å². The molecule has 3 rings (SSSR count). The number of Topliss-reactive ketones (excluding diaryl/α,β-unsaturated/α-hetero) is 1. The summed E-state index contributed by atoms with van der Waals surface area (Å²) >= 11 is 2.24. The van der Waals surface area contributed by atoms with Crippen molar-refractivity contribution in [1.29, 1.82) is 0 Å². The smallest absolute Gasteiger partial charge is 0.336 e. The molecule has 0 spiro atoms. The van der Waals surface area contributed by atoms with Crippen LogP contribution in [0.3, 0.4) is 0 Å². The van der Waals surface area contributed by atoms with Gasteiger partial charge in [0.15, 0.2) is 5.78 Å². The summed E-state index contributed by atoms with van der Waals surface area (Å²) in [6.45, 7) is 1.87. The molecule has 0 radical (unpaired) electrons. The van der Waals surface area contributed by atoms with E-state index in [1.807, 2.05) is 31.2 Å². The summed E-state index contributed by atoms with van der Waals surface area (Å²) in [7, 11) is 1.38. The number of allylic oxidation sites excluding steroid dienone is 3. The van der Waals surface area contributed by atoms with Crippen LogP contribution in [0.4, 0.5) is 0 Å². The predicted molar refractivity (Wildman–Crippen MR) is 95.6 cm³/mol. The van der Waals surface area contributed by atoms with Gasteiger partial charge in [-0.05, 0) is 60.1 Å². The van der Waals surface area contributed by atoms with Crippen molar-refractivity contribution in [1.82, 2.24) is 5.32 Å². The minimum absolute atomic E-state index is 0.121. The van der Waals surface area contributed by atoms with E-state index in [1.165, 1.54) is 7.11 Å². The van der Waals surface area contributed by atoms with Gasteiger partial charge in [-0.25, -0.2) is 4.79 Å². The average Bonchev–Trinajstić information content (AvgIpc) is 2.54. The first-order valence-corrected chi connectivity index (χ1v) is 8.68. The number of ketones is 1. The lowest BCUT2D eigenvalue weighted by atomic mass is 9.75. The molecule has 1 aliphatic heterocycles. The Kier molecular flexibility index (Phi) is 4.57. The second-order valence-corrected chi connectivity index (χ2v) is 7.05. The zero-order valence-corrected chi connectivity index (χ0v) is 15.3. The van der Waals surface area contributed by atoms with Crippen molar-refractivity contribution in [2.75, 3.05) is 7.11 Å². The van der Waals surface area contributed by atoms with Crippen LogP contribution < -0.4 is 5.32 Å². The van der Waals surface area contributed by atoms with Gasteiger partial charge in [0.2, 0.25) is 0 Å². The third-order valence-electron chi connectivity index (χ3n) is 4.38. The molecule has 0 unspecified atom stereocenters. The van der Waals surface area contributed by atoms with Crippen molar-refractivity contribution in [3.63, 3.8) is 0 Å². The maximum absolute atomic E-state index is 12.6. The average molecular weight is 423 g/mol. The number of carbonyl (C=O) groups is 2. The van der Waals surface area contributed by atoms with Gasteiger partial charge in [0.1, 0.15) is 0 Å². The Morgan fingerprint density at radius 1 is 1.26 bits per heavy atom. The lowest BCUT2D eigenvalue weighted by Gasteiger charge is -2.34. The number of ether oxygens (including phenoxy) is 1. The molecule has 0 amide bonds. The molecular formula is C18H18INO3. The van der Waals surface area contributed by atoms with Crippen LogP contribution in [0, 0.1) is 3.57 Å². The summed E-state index contributed by atoms with van der Waals surface area (Å²) in [4.78, 5) is 24.9. The van der Waals surface area contributed by atoms with E-state index in [4.69, 9.17) is 4.74 Å². The summed E-state index contributed by atoms with van der Waals surface area (Å²) in [5, 5.41) is 3.26. The van der Waals surface area contributed by atoms with Crippen LogP contribution in [0.2, 0.25) is 0 Å². The summed E-state index contributed by atoms with van der Waals surface area (Å²) < 4.78 is 6.09. The van der Waals surface area contributed by atoms with Gasteiger partial charge in [-0.2, -0.15) is 0 Å². The number of hydrogen-bond donors (Lipinski definition) is 1. The number of rotatable bonds is 2. The fraction of sp³-hybridized carbons (Fsp3) is 0.333. The molecule has 0 saturated carbocycles. The maximum Gasteiger partial charge on any atom is 0.336 e. The third kappa shape index (κ3) is 2.94. The predicted octanol–water partition coefficient (Wildman–Crippen LogP) is 3.43. The highest BCUT2D eigenvalue weighted by Gasteiger charge is 2.38. The number of halogens is 1. The molecule has 1 aromatic rings. The number of hydrogen-bond acceptors (Lipinski definition) is 4. The Hall–Kier alpha value is -1.63. The van der Waals surface area contributed by atoms with Crippen LogP contribution in [-0.4, -0.2) is 18.9 Å². The zero-order valence-electron chi connectivity index (χ0n) is 13.1. The van der Waals surface area contributed by atoms with E-state index in [-0.39, 0.29) is 17.7 Å². The van der Waals surface area contributed by atoms with Gasteiger partial charge in [-0.1, -0.05) is 12.1 Å². The number of nitrogens with one attached hydrogen (secondary N) is 1. The molecule has 0 aromatic heterocycles. The largest absolute Gasteiger partial charge is 0.466 e. The maximum atomic E-state index is 12.6. The van der Waals surface area contributed by atoms with Gasteiger partial charge in [0.05, 0.1) is 12.7 Å². The molecular weight excluding hydrogens is 405 g/mol. The van der Waals surface area contributed by atoms with E-state index in [9.17, 15) is 9.59 Å². The van der Waals surface area contributed by atoms with Gasteiger partial charge in [-0.3, -0.25) is 4.79 Å². The fourth-order valence-corrected chi connectivity index (χ4v) is 3.71. The molecule has 1 N–H and O–H groups in total. The Labute approximate surface area is 149 Å². The molecule has 4 nitrogen and oxygen atoms in total. The molecule has 0 saturated heterocycles. The molecule has 120 valence electrons. The monoisotopic (exact) mass is 423 g/mol. The molecule has 1 aliphatic carbocycles. The first-order valence-electron chi connectivity index (χ1n) is 7.60. The molecule has 1 atom stereocenters. The van der Waals surface area contributed by atoms with Crippen molar-refractivity contribution < 1.29 is 14.3 Å². The number of methoxy groups -OCH3 is 1. The van der Waals surface area contributed by atoms with Crippen LogP contribution in [0.15, 0.2) is 46.8 Å². The van der Waals surface area contributed by atoms with Crippen LogP contribution in [0.25, 0.3) is 0 Å². The first-order chi connectivity index (χ1) is 11.0. The Balaban J connectivity index is 2.18. The van der Waals surface area contributed by atoms with E-state index in [1.54, 1.807) is 0 Å². The van der Waals surface area contributed by atoms with Crippen LogP contribution in [0.1, 0.15) is 37.7 Å². The van der Waals surface area contributed by atoms with Gasteiger partial charge in [0, 0.05) is 32.9 Å². The zero-order chi connectivity index (χ0) is 16.6. The molecule has 1 aromatic carbocycles. The standard InChI is InChI=1S/C18H18INO3/c1-10-15(18(22)23-2)16(11-6-8-12(19)9-7-11)17-13(20-10)4-3-5-14(17)21/h6-9,16,20H,3-5H2,1-2H3/t16-/m1/s1. The molecule has 5 heteroatoms. The summed E-state index contributed by atoms with van der Waals surface area (Å²) in [6, 6.07) is 7.96. The van der Waals surface area contributed by atoms with Crippen molar-refractivity contribution in [2.45, 2.75) is 32.1 Å². The number of dihydropyridines is 1. The second-order valence-electron chi connectivity index (χ2n) is 5.81. The van der Waals surface area contributed by atoms with Crippen LogP contribution in [0.5, 0.6) is 0 Å². The molecule has 1 heterocycles. The van der Waals surface area contributed by atoms with Crippen molar-refractivity contribution in [3.05, 3.63) is 55.9 Å².